The maximum absolute atomic E-state index is 13.6. The highest BCUT2D eigenvalue weighted by Gasteiger charge is 2.62. The highest BCUT2D eigenvalue weighted by atomic mass is 35.5. The molecular formula is C11H15ClF2N4O3S. The molecule has 0 aliphatic carbocycles. The number of hydrazone groups is 1. The summed E-state index contributed by atoms with van der Waals surface area (Å²) >= 11 is 4.92. The van der Waals surface area contributed by atoms with E-state index in [-0.39, 0.29) is 20.7 Å². The Bertz CT molecular complexity index is 728. The molecule has 2 heterocycles. The molecule has 0 radical (unpaired) electrons. The van der Waals surface area contributed by atoms with E-state index in [9.17, 15) is 22.3 Å². The number of hydrogen-bond donors (Lipinski definition) is 1. The molecule has 1 atom stereocenters. The minimum absolute atomic E-state index is 0.0203. The molecule has 11 heteroatoms. The average Bonchev–Trinajstić information content (AvgIpc) is 2.90. The third-order valence-electron chi connectivity index (χ3n) is 3.40. The lowest BCUT2D eigenvalue weighted by Crippen LogP contribution is -2.56. The summed E-state index contributed by atoms with van der Waals surface area (Å²) < 4.78 is 53.7. The average molecular weight is 357 g/mol. The predicted molar refractivity (Wildman–Crippen MR) is 75.1 cm³/mol. The van der Waals surface area contributed by atoms with Crippen LogP contribution in [0, 0.1) is 6.92 Å². The largest absolute Gasteiger partial charge is 0.371 e. The number of nitrogens with zero attached hydrogens (tertiary/aromatic N) is 4. The molecule has 1 aliphatic heterocycles. The van der Waals surface area contributed by atoms with Crippen molar-refractivity contribution >= 4 is 27.3 Å². The quantitative estimate of drug-likeness (QED) is 0.828. The van der Waals surface area contributed by atoms with Gasteiger partial charge in [-0.2, -0.15) is 27.4 Å². The maximum Gasteiger partial charge on any atom is 0.371 e. The van der Waals surface area contributed by atoms with Crippen LogP contribution in [-0.2, 0) is 16.6 Å². The molecule has 1 aromatic heterocycles. The van der Waals surface area contributed by atoms with Gasteiger partial charge in [0.15, 0.2) is 0 Å². The van der Waals surface area contributed by atoms with E-state index >= 15 is 0 Å². The lowest BCUT2D eigenvalue weighted by atomic mass is 10.1. The molecule has 0 saturated heterocycles. The van der Waals surface area contributed by atoms with Gasteiger partial charge in [0.05, 0.1) is 11.9 Å². The van der Waals surface area contributed by atoms with Gasteiger partial charge in [-0.15, -0.1) is 4.41 Å². The zero-order chi connectivity index (χ0) is 16.9. The molecule has 0 spiro atoms. The number of sulfonamides is 1. The van der Waals surface area contributed by atoms with Crippen LogP contribution in [0.2, 0.25) is 0 Å². The predicted octanol–water partition coefficient (Wildman–Crippen LogP) is 1.50. The number of aryl methyl sites for hydroxylation is 1. The summed E-state index contributed by atoms with van der Waals surface area (Å²) in [5.41, 5.74) is -2.88. The normalized spacial score (nSPS) is 23.0. The van der Waals surface area contributed by atoms with Crippen LogP contribution in [0.25, 0.3) is 0 Å². The Kier molecular flexibility index (Phi) is 3.99. The van der Waals surface area contributed by atoms with Gasteiger partial charge in [-0.05, 0) is 32.4 Å². The summed E-state index contributed by atoms with van der Waals surface area (Å²) in [6.07, 6.45) is 0.341. The Morgan fingerprint density at radius 1 is 1.50 bits per heavy atom. The summed E-state index contributed by atoms with van der Waals surface area (Å²) in [6, 6.07) is 0. The van der Waals surface area contributed by atoms with Crippen LogP contribution >= 0.6 is 11.6 Å². The number of hydrogen-bond acceptors (Lipinski definition) is 5. The van der Waals surface area contributed by atoms with Crippen molar-refractivity contribution in [1.29, 1.82) is 0 Å². The second-order valence-electron chi connectivity index (χ2n) is 4.98. The number of aliphatic hydroxyl groups is 1. The van der Waals surface area contributed by atoms with Gasteiger partial charge in [0.2, 0.25) is 0 Å². The van der Waals surface area contributed by atoms with Crippen LogP contribution in [0.15, 0.2) is 16.2 Å². The summed E-state index contributed by atoms with van der Waals surface area (Å²) in [5.74, 6) is 0. The van der Waals surface area contributed by atoms with Crippen molar-refractivity contribution in [1.82, 2.24) is 14.2 Å². The molecular weight excluding hydrogens is 342 g/mol. The zero-order valence-electron chi connectivity index (χ0n) is 12.1. The SMILES string of the molecule is CCn1ncc(S(=O)(=O)N2N=C(C)C[C@@]2(O)C(F)(F)Cl)c1C. The second-order valence-corrected chi connectivity index (χ2v) is 7.19. The van der Waals surface area contributed by atoms with Crippen molar-refractivity contribution in [2.75, 3.05) is 0 Å². The molecule has 0 saturated carbocycles. The van der Waals surface area contributed by atoms with E-state index < -0.39 is 27.6 Å². The van der Waals surface area contributed by atoms with Crippen LogP contribution < -0.4 is 0 Å². The Morgan fingerprint density at radius 2 is 2.09 bits per heavy atom. The van der Waals surface area contributed by atoms with Gasteiger partial charge in [0.1, 0.15) is 4.90 Å². The molecule has 0 amide bonds. The van der Waals surface area contributed by atoms with Crippen molar-refractivity contribution in [2.24, 2.45) is 5.10 Å². The fourth-order valence-electron chi connectivity index (χ4n) is 2.25. The van der Waals surface area contributed by atoms with E-state index in [1.165, 1.54) is 18.5 Å². The van der Waals surface area contributed by atoms with Crippen molar-refractivity contribution in [3.8, 4) is 0 Å². The molecule has 0 aromatic carbocycles. The minimum atomic E-state index is -4.53. The molecule has 0 fully saturated rings. The summed E-state index contributed by atoms with van der Waals surface area (Å²) in [7, 11) is -4.53. The van der Waals surface area contributed by atoms with E-state index in [0.29, 0.717) is 6.54 Å². The maximum atomic E-state index is 13.6. The third-order valence-corrected chi connectivity index (χ3v) is 5.50. The fraction of sp³-hybridized carbons (Fsp3) is 0.636. The van der Waals surface area contributed by atoms with Crippen molar-refractivity contribution in [3.63, 3.8) is 0 Å². The molecule has 22 heavy (non-hydrogen) atoms. The molecule has 1 aliphatic rings. The number of halogens is 3. The molecule has 124 valence electrons. The summed E-state index contributed by atoms with van der Waals surface area (Å²) in [4.78, 5) is -0.313. The first-order valence-corrected chi connectivity index (χ1v) is 8.18. The van der Waals surface area contributed by atoms with Gasteiger partial charge >= 0.3 is 5.38 Å². The smallest absolute Gasteiger partial charge is 0.363 e. The highest BCUT2D eigenvalue weighted by molar-refractivity contribution is 7.89. The zero-order valence-corrected chi connectivity index (χ0v) is 13.7. The van der Waals surface area contributed by atoms with E-state index in [1.54, 1.807) is 6.92 Å². The van der Waals surface area contributed by atoms with Gasteiger partial charge in [-0.1, -0.05) is 0 Å². The Hall–Kier alpha value is -1.26. The first kappa shape index (κ1) is 17.1. The van der Waals surface area contributed by atoms with Gasteiger partial charge in [-0.25, -0.2) is 0 Å². The molecule has 7 nitrogen and oxygen atoms in total. The Labute approximate surface area is 131 Å². The second kappa shape index (κ2) is 5.14. The number of aromatic nitrogens is 2. The lowest BCUT2D eigenvalue weighted by molar-refractivity contribution is -0.175. The van der Waals surface area contributed by atoms with Gasteiger partial charge in [0.25, 0.3) is 15.7 Å². The van der Waals surface area contributed by atoms with Crippen molar-refractivity contribution < 1.29 is 22.3 Å². The first-order chi connectivity index (χ1) is 9.95. The lowest BCUT2D eigenvalue weighted by Gasteiger charge is -2.34. The van der Waals surface area contributed by atoms with E-state index in [0.717, 1.165) is 6.20 Å². The molecule has 1 N–H and O–H groups in total. The topological polar surface area (TPSA) is 87.8 Å². The number of alkyl halides is 3. The van der Waals surface area contributed by atoms with Crippen molar-refractivity contribution in [2.45, 2.75) is 49.7 Å². The van der Waals surface area contributed by atoms with Crippen LogP contribution in [0.1, 0.15) is 26.0 Å². The molecule has 0 bridgehead atoms. The van der Waals surface area contributed by atoms with Crippen LogP contribution in [0.3, 0.4) is 0 Å². The van der Waals surface area contributed by atoms with E-state index in [1.807, 2.05) is 0 Å². The summed E-state index contributed by atoms with van der Waals surface area (Å²) in [6.45, 7) is 4.96. The summed E-state index contributed by atoms with van der Waals surface area (Å²) in [5, 5.41) is 13.3. The number of rotatable bonds is 4. The first-order valence-electron chi connectivity index (χ1n) is 6.36. The van der Waals surface area contributed by atoms with Gasteiger partial charge in [0, 0.05) is 18.7 Å². The molecule has 2 rings (SSSR count). The van der Waals surface area contributed by atoms with Gasteiger partial charge in [-0.3, -0.25) is 4.68 Å². The standard InChI is InChI=1S/C11H15ClF2N4O3S/c1-4-17-8(3)9(6-15-17)22(20,21)18-10(19,11(12,13)14)5-7(2)16-18/h6,19H,4-5H2,1-3H3/t10-/m1/s1. The van der Waals surface area contributed by atoms with Gasteiger partial charge < -0.3 is 5.11 Å². The van der Waals surface area contributed by atoms with Crippen LogP contribution in [0.5, 0.6) is 0 Å². The van der Waals surface area contributed by atoms with E-state index in [4.69, 9.17) is 11.6 Å². The Balaban J connectivity index is 2.59. The highest BCUT2D eigenvalue weighted by Crippen LogP contribution is 2.44. The van der Waals surface area contributed by atoms with Crippen LogP contribution in [-0.4, -0.2) is 44.5 Å². The van der Waals surface area contributed by atoms with Crippen molar-refractivity contribution in [3.05, 3.63) is 11.9 Å². The minimum Gasteiger partial charge on any atom is -0.363 e. The molecule has 0 unspecified atom stereocenters. The fourth-order valence-corrected chi connectivity index (χ4v) is 4.12. The monoisotopic (exact) mass is 356 g/mol. The van der Waals surface area contributed by atoms with E-state index in [2.05, 4.69) is 10.2 Å². The Morgan fingerprint density at radius 3 is 2.55 bits per heavy atom. The van der Waals surface area contributed by atoms with Crippen LogP contribution in [0.4, 0.5) is 8.78 Å². The molecule has 1 aromatic rings. The third kappa shape index (κ3) is 2.38.